The minimum Gasteiger partial charge on any atom is -0.490 e. The van der Waals surface area contributed by atoms with Gasteiger partial charge in [0.1, 0.15) is 4.90 Å². The first-order chi connectivity index (χ1) is 14.4. The average Bonchev–Trinajstić information content (AvgIpc) is 3.00. The number of piperazine rings is 1. The van der Waals surface area contributed by atoms with E-state index in [0.717, 1.165) is 6.42 Å². The summed E-state index contributed by atoms with van der Waals surface area (Å²) in [6, 6.07) is 9.62. The summed E-state index contributed by atoms with van der Waals surface area (Å²) in [5, 5.41) is 0.186. The van der Waals surface area contributed by atoms with Crippen molar-refractivity contribution in [3.05, 3.63) is 52.0 Å². The minimum absolute atomic E-state index is 0.00451. The molecule has 10 heteroatoms. The normalized spacial score (nSPS) is 17.5. The van der Waals surface area contributed by atoms with Crippen molar-refractivity contribution in [1.82, 2.24) is 9.21 Å². The van der Waals surface area contributed by atoms with E-state index < -0.39 is 10.0 Å². The summed E-state index contributed by atoms with van der Waals surface area (Å²) in [5.41, 5.74) is 0.480. The maximum atomic E-state index is 12.9. The van der Waals surface area contributed by atoms with Gasteiger partial charge in [0.2, 0.25) is 10.0 Å². The van der Waals surface area contributed by atoms with Crippen LogP contribution in [0.25, 0.3) is 0 Å². The Morgan fingerprint density at radius 1 is 0.933 bits per heavy atom. The number of carbonyl (C=O) groups excluding carboxylic acids is 1. The van der Waals surface area contributed by atoms with Crippen LogP contribution in [0.15, 0.2) is 41.3 Å². The molecule has 0 bridgehead atoms. The molecule has 4 rings (SSSR count). The third-order valence-electron chi connectivity index (χ3n) is 5.05. The van der Waals surface area contributed by atoms with E-state index in [2.05, 4.69) is 0 Å². The second-order valence-electron chi connectivity index (χ2n) is 6.96. The van der Waals surface area contributed by atoms with Crippen LogP contribution in [0.1, 0.15) is 16.8 Å². The van der Waals surface area contributed by atoms with Gasteiger partial charge in [-0.1, -0.05) is 29.3 Å². The van der Waals surface area contributed by atoms with E-state index in [4.69, 9.17) is 32.7 Å². The highest BCUT2D eigenvalue weighted by atomic mass is 35.5. The highest BCUT2D eigenvalue weighted by molar-refractivity contribution is 7.89. The van der Waals surface area contributed by atoms with E-state index in [1.807, 2.05) is 0 Å². The number of fused-ring (bicyclic) bond motifs is 1. The van der Waals surface area contributed by atoms with Gasteiger partial charge in [-0.3, -0.25) is 4.79 Å². The number of ether oxygens (including phenoxy) is 2. The Kier molecular flexibility index (Phi) is 6.11. The summed E-state index contributed by atoms with van der Waals surface area (Å²) < 4.78 is 38.5. The lowest BCUT2D eigenvalue weighted by Crippen LogP contribution is -2.50. The maximum Gasteiger partial charge on any atom is 0.254 e. The van der Waals surface area contributed by atoms with Crippen LogP contribution >= 0.6 is 23.2 Å². The Balaban J connectivity index is 1.46. The molecule has 0 aliphatic carbocycles. The molecule has 0 N–H and O–H groups in total. The molecule has 1 saturated heterocycles. The van der Waals surface area contributed by atoms with E-state index in [-0.39, 0.29) is 47.0 Å². The molecule has 1 fully saturated rings. The van der Waals surface area contributed by atoms with Crippen molar-refractivity contribution in [1.29, 1.82) is 0 Å². The van der Waals surface area contributed by atoms with Crippen molar-refractivity contribution in [2.24, 2.45) is 0 Å². The van der Waals surface area contributed by atoms with Crippen molar-refractivity contribution in [3.8, 4) is 11.5 Å². The number of nitrogens with zero attached hydrogens (tertiary/aromatic N) is 2. The second-order valence-corrected chi connectivity index (χ2v) is 9.65. The molecule has 2 aliphatic rings. The molecule has 0 saturated carbocycles. The summed E-state index contributed by atoms with van der Waals surface area (Å²) in [6.07, 6.45) is 0.783. The Morgan fingerprint density at radius 3 is 2.37 bits per heavy atom. The average molecular weight is 471 g/mol. The molecular formula is C20H20Cl2N2O5S. The molecular weight excluding hydrogens is 451 g/mol. The monoisotopic (exact) mass is 470 g/mol. The first-order valence-electron chi connectivity index (χ1n) is 9.51. The summed E-state index contributed by atoms with van der Waals surface area (Å²) in [6.45, 7) is 1.99. The zero-order chi connectivity index (χ0) is 21.3. The largest absolute Gasteiger partial charge is 0.490 e. The Morgan fingerprint density at radius 2 is 1.63 bits per heavy atom. The SMILES string of the molecule is O=C(c1ccc2c(c1)OCCCO2)N1CCN(S(=O)(=O)c2cccc(Cl)c2Cl)CC1. The van der Waals surface area contributed by atoms with Gasteiger partial charge in [-0.25, -0.2) is 8.42 Å². The smallest absolute Gasteiger partial charge is 0.254 e. The molecule has 7 nitrogen and oxygen atoms in total. The van der Waals surface area contributed by atoms with Gasteiger partial charge >= 0.3 is 0 Å². The fraction of sp³-hybridized carbons (Fsp3) is 0.350. The lowest BCUT2D eigenvalue weighted by Gasteiger charge is -2.34. The number of amides is 1. The standard InChI is InChI=1S/C20H20Cl2N2O5S/c21-15-3-1-4-18(19(15)22)30(26,27)24-9-7-23(8-10-24)20(25)14-5-6-16-17(13-14)29-12-2-11-28-16/h1,3-6,13H,2,7-12H2. The van der Waals surface area contributed by atoms with E-state index in [9.17, 15) is 13.2 Å². The fourth-order valence-electron chi connectivity index (χ4n) is 3.43. The molecule has 30 heavy (non-hydrogen) atoms. The predicted octanol–water partition coefficient (Wildman–Crippen LogP) is 3.30. The second kappa shape index (κ2) is 8.63. The van der Waals surface area contributed by atoms with Crippen LogP contribution < -0.4 is 9.47 Å². The molecule has 2 aromatic rings. The van der Waals surface area contributed by atoms with E-state index in [0.29, 0.717) is 30.3 Å². The highest BCUT2D eigenvalue weighted by Crippen LogP contribution is 2.32. The third-order valence-corrected chi connectivity index (χ3v) is 7.93. The molecule has 0 spiro atoms. The molecule has 0 unspecified atom stereocenters. The Labute approximate surface area is 185 Å². The molecule has 160 valence electrons. The first-order valence-corrected chi connectivity index (χ1v) is 11.7. The van der Waals surface area contributed by atoms with Gasteiger partial charge in [-0.15, -0.1) is 0 Å². The fourth-order valence-corrected chi connectivity index (χ4v) is 5.59. The lowest BCUT2D eigenvalue weighted by molar-refractivity contribution is 0.0697. The third kappa shape index (κ3) is 4.09. The maximum absolute atomic E-state index is 12.9. The van der Waals surface area contributed by atoms with Crippen LogP contribution in [0.2, 0.25) is 10.0 Å². The quantitative estimate of drug-likeness (QED) is 0.687. The topological polar surface area (TPSA) is 76.2 Å². The van der Waals surface area contributed by atoms with E-state index >= 15 is 0 Å². The van der Waals surface area contributed by atoms with Crippen LogP contribution in [0.3, 0.4) is 0 Å². The van der Waals surface area contributed by atoms with Crippen molar-refractivity contribution in [3.63, 3.8) is 0 Å². The summed E-state index contributed by atoms with van der Waals surface area (Å²) in [7, 11) is -3.80. The summed E-state index contributed by atoms with van der Waals surface area (Å²) in [4.78, 5) is 14.5. The molecule has 0 atom stereocenters. The van der Waals surface area contributed by atoms with Gasteiger partial charge in [-0.2, -0.15) is 4.31 Å². The number of benzene rings is 2. The van der Waals surface area contributed by atoms with Gasteiger partial charge in [0.15, 0.2) is 11.5 Å². The van der Waals surface area contributed by atoms with Crippen LogP contribution in [-0.4, -0.2) is 62.9 Å². The van der Waals surface area contributed by atoms with Gasteiger partial charge in [0.05, 0.1) is 23.3 Å². The number of sulfonamides is 1. The molecule has 2 aromatic carbocycles. The van der Waals surface area contributed by atoms with Gasteiger partial charge in [0, 0.05) is 38.2 Å². The lowest BCUT2D eigenvalue weighted by atomic mass is 10.1. The van der Waals surface area contributed by atoms with Crippen molar-refractivity contribution >= 4 is 39.1 Å². The Hall–Kier alpha value is -2.00. The minimum atomic E-state index is -3.80. The number of hydrogen-bond donors (Lipinski definition) is 0. The predicted molar refractivity (Wildman–Crippen MR) is 113 cm³/mol. The Bertz CT molecular complexity index is 1070. The zero-order valence-corrected chi connectivity index (χ0v) is 18.3. The van der Waals surface area contributed by atoms with E-state index in [1.165, 1.54) is 16.4 Å². The molecule has 2 aliphatic heterocycles. The van der Waals surface area contributed by atoms with Gasteiger partial charge in [0.25, 0.3) is 5.91 Å². The van der Waals surface area contributed by atoms with Crippen molar-refractivity contribution < 1.29 is 22.7 Å². The van der Waals surface area contributed by atoms with Crippen LogP contribution in [0.5, 0.6) is 11.5 Å². The van der Waals surface area contributed by atoms with Crippen molar-refractivity contribution in [2.75, 3.05) is 39.4 Å². The van der Waals surface area contributed by atoms with Crippen molar-refractivity contribution in [2.45, 2.75) is 11.3 Å². The van der Waals surface area contributed by atoms with Gasteiger partial charge < -0.3 is 14.4 Å². The van der Waals surface area contributed by atoms with Crippen LogP contribution in [-0.2, 0) is 10.0 Å². The van der Waals surface area contributed by atoms with Gasteiger partial charge in [-0.05, 0) is 30.3 Å². The number of hydrogen-bond acceptors (Lipinski definition) is 5. The molecule has 0 aromatic heterocycles. The highest BCUT2D eigenvalue weighted by Gasteiger charge is 2.32. The van der Waals surface area contributed by atoms with Crippen LogP contribution in [0, 0.1) is 0 Å². The zero-order valence-electron chi connectivity index (χ0n) is 16.0. The molecule has 2 heterocycles. The first kappa shape index (κ1) is 21.2. The summed E-state index contributed by atoms with van der Waals surface area (Å²) >= 11 is 12.1. The molecule has 0 radical (unpaired) electrons. The van der Waals surface area contributed by atoms with Crippen LogP contribution in [0.4, 0.5) is 0 Å². The number of rotatable bonds is 3. The number of halogens is 2. The van der Waals surface area contributed by atoms with E-state index in [1.54, 1.807) is 29.2 Å². The molecule has 1 amide bonds. The number of carbonyl (C=O) groups is 1. The summed E-state index contributed by atoms with van der Waals surface area (Å²) in [5.74, 6) is 0.997.